The van der Waals surface area contributed by atoms with Crippen LogP contribution in [-0.4, -0.2) is 9.97 Å². The molecule has 1 heterocycles. The Morgan fingerprint density at radius 3 is 1.22 bits per heavy atom. The standard InChI is InChI=1S/C28H26Cl2N2/c1-27(2,3)21-13-7-19(8-14-21)11-17-23-25(29)24(32-26(30)31-23)18-12-20-9-15-22(16-10-20)28(4,5)6/h7-10,13-16H,1-6H3. The van der Waals surface area contributed by atoms with Gasteiger partial charge in [0.05, 0.1) is 0 Å². The summed E-state index contributed by atoms with van der Waals surface area (Å²) in [7, 11) is 0. The predicted octanol–water partition coefficient (Wildman–Crippen LogP) is 7.18. The highest BCUT2D eigenvalue weighted by atomic mass is 35.5. The van der Waals surface area contributed by atoms with Crippen molar-refractivity contribution in [1.29, 1.82) is 0 Å². The monoisotopic (exact) mass is 460 g/mol. The van der Waals surface area contributed by atoms with Crippen LogP contribution in [0.2, 0.25) is 10.3 Å². The van der Waals surface area contributed by atoms with E-state index < -0.39 is 0 Å². The molecule has 0 aliphatic carbocycles. The van der Waals surface area contributed by atoms with Crippen LogP contribution in [0.4, 0.5) is 0 Å². The molecule has 2 nitrogen and oxygen atoms in total. The first-order valence-electron chi connectivity index (χ1n) is 10.4. The van der Waals surface area contributed by atoms with Gasteiger partial charge in [0.2, 0.25) is 5.28 Å². The maximum absolute atomic E-state index is 6.49. The second-order valence-electron chi connectivity index (χ2n) is 9.66. The highest BCUT2D eigenvalue weighted by Gasteiger charge is 2.14. The molecule has 0 aliphatic rings. The molecule has 32 heavy (non-hydrogen) atoms. The third-order valence-corrected chi connectivity index (χ3v) is 5.50. The van der Waals surface area contributed by atoms with Gasteiger partial charge in [-0.1, -0.05) is 89.2 Å². The lowest BCUT2D eigenvalue weighted by Crippen LogP contribution is -2.10. The molecule has 0 bridgehead atoms. The zero-order valence-electron chi connectivity index (χ0n) is 19.3. The van der Waals surface area contributed by atoms with E-state index >= 15 is 0 Å². The van der Waals surface area contributed by atoms with E-state index in [4.69, 9.17) is 23.2 Å². The first kappa shape index (κ1) is 23.9. The van der Waals surface area contributed by atoms with Gasteiger partial charge in [0.15, 0.2) is 0 Å². The molecule has 0 aliphatic heterocycles. The van der Waals surface area contributed by atoms with Gasteiger partial charge in [-0.3, -0.25) is 0 Å². The summed E-state index contributed by atoms with van der Waals surface area (Å²) in [5, 5.41) is 0.362. The second-order valence-corrected chi connectivity index (χ2v) is 10.4. The fraction of sp³-hybridized carbons (Fsp3) is 0.286. The van der Waals surface area contributed by atoms with Gasteiger partial charge in [-0.25, -0.2) is 9.97 Å². The molecule has 0 atom stereocenters. The Morgan fingerprint density at radius 1 is 0.562 bits per heavy atom. The minimum Gasteiger partial charge on any atom is -0.208 e. The number of aromatic nitrogens is 2. The molecular weight excluding hydrogens is 435 g/mol. The van der Waals surface area contributed by atoms with E-state index in [-0.39, 0.29) is 16.1 Å². The molecule has 0 unspecified atom stereocenters. The summed E-state index contributed by atoms with van der Waals surface area (Å²) in [6.07, 6.45) is 0. The van der Waals surface area contributed by atoms with Gasteiger partial charge in [-0.05, 0) is 69.7 Å². The lowest BCUT2D eigenvalue weighted by atomic mass is 9.87. The SMILES string of the molecule is CC(C)(C)c1ccc(C#Cc2nc(Cl)nc(C#Cc3ccc(C(C)(C)C)cc3)c2Cl)cc1. The zero-order valence-corrected chi connectivity index (χ0v) is 20.8. The summed E-state index contributed by atoms with van der Waals surface area (Å²) < 4.78 is 0. The average molecular weight is 461 g/mol. The van der Waals surface area contributed by atoms with Crippen molar-refractivity contribution in [1.82, 2.24) is 9.97 Å². The van der Waals surface area contributed by atoms with Crippen molar-refractivity contribution in [3.8, 4) is 23.7 Å². The first-order chi connectivity index (χ1) is 14.9. The molecule has 1 aromatic heterocycles. The number of benzene rings is 2. The summed E-state index contributed by atoms with van der Waals surface area (Å²) in [4.78, 5) is 8.36. The normalized spacial score (nSPS) is 11.2. The van der Waals surface area contributed by atoms with Crippen molar-refractivity contribution >= 4 is 23.2 Å². The molecule has 0 fully saturated rings. The van der Waals surface area contributed by atoms with Crippen molar-refractivity contribution in [2.24, 2.45) is 0 Å². The van der Waals surface area contributed by atoms with E-state index in [9.17, 15) is 0 Å². The average Bonchev–Trinajstić information content (AvgIpc) is 2.72. The van der Waals surface area contributed by atoms with Crippen LogP contribution in [-0.2, 0) is 10.8 Å². The van der Waals surface area contributed by atoms with Crippen LogP contribution < -0.4 is 0 Å². The lowest BCUT2D eigenvalue weighted by Gasteiger charge is -2.18. The minimum absolute atomic E-state index is 0.0640. The number of hydrogen-bond acceptors (Lipinski definition) is 2. The predicted molar refractivity (Wildman–Crippen MR) is 134 cm³/mol. The molecule has 2 aromatic carbocycles. The van der Waals surface area contributed by atoms with Gasteiger partial charge in [0.25, 0.3) is 0 Å². The Bertz CT molecular complexity index is 1140. The Hall–Kier alpha value is -2.78. The van der Waals surface area contributed by atoms with E-state index in [0.717, 1.165) is 11.1 Å². The Balaban J connectivity index is 1.88. The van der Waals surface area contributed by atoms with Crippen molar-refractivity contribution in [3.63, 3.8) is 0 Å². The molecule has 0 N–H and O–H groups in total. The molecule has 4 heteroatoms. The summed E-state index contributed by atoms with van der Waals surface area (Å²) in [5.74, 6) is 12.2. The topological polar surface area (TPSA) is 25.8 Å². The molecule has 0 radical (unpaired) electrons. The zero-order chi connectivity index (χ0) is 23.5. The smallest absolute Gasteiger partial charge is 0.208 e. The van der Waals surface area contributed by atoms with Crippen LogP contribution in [0, 0.1) is 23.7 Å². The summed E-state index contributed by atoms with van der Waals surface area (Å²) in [5.41, 5.74) is 5.15. The molecule has 3 aromatic rings. The second kappa shape index (κ2) is 9.38. The van der Waals surface area contributed by atoms with Gasteiger partial charge in [0, 0.05) is 11.1 Å². The largest absolute Gasteiger partial charge is 0.224 e. The van der Waals surface area contributed by atoms with Gasteiger partial charge in [-0.15, -0.1) is 0 Å². The van der Waals surface area contributed by atoms with Crippen molar-refractivity contribution in [2.75, 3.05) is 0 Å². The molecule has 162 valence electrons. The maximum atomic E-state index is 6.49. The van der Waals surface area contributed by atoms with E-state index in [1.165, 1.54) is 11.1 Å². The van der Waals surface area contributed by atoms with Crippen molar-refractivity contribution in [3.05, 3.63) is 92.5 Å². The number of nitrogens with zero attached hydrogens (tertiary/aromatic N) is 2. The van der Waals surface area contributed by atoms with Crippen LogP contribution in [0.5, 0.6) is 0 Å². The first-order valence-corrected chi connectivity index (χ1v) is 11.2. The molecule has 0 amide bonds. The van der Waals surface area contributed by atoms with Crippen LogP contribution in [0.3, 0.4) is 0 Å². The third kappa shape index (κ3) is 6.14. The highest BCUT2D eigenvalue weighted by molar-refractivity contribution is 6.33. The summed E-state index contributed by atoms with van der Waals surface area (Å²) in [6, 6.07) is 16.3. The lowest BCUT2D eigenvalue weighted by molar-refractivity contribution is 0.590. The quantitative estimate of drug-likeness (QED) is 0.262. The molecular formula is C28H26Cl2N2. The van der Waals surface area contributed by atoms with Gasteiger partial charge < -0.3 is 0 Å². The van der Waals surface area contributed by atoms with Crippen LogP contribution >= 0.6 is 23.2 Å². The van der Waals surface area contributed by atoms with Crippen molar-refractivity contribution < 1.29 is 0 Å². The maximum Gasteiger partial charge on any atom is 0.224 e. The van der Waals surface area contributed by atoms with E-state index in [1.807, 2.05) is 24.3 Å². The summed E-state index contributed by atoms with van der Waals surface area (Å²) in [6.45, 7) is 13.1. The van der Waals surface area contributed by atoms with Gasteiger partial charge in [0.1, 0.15) is 16.4 Å². The Kier molecular flexibility index (Phi) is 7.00. The van der Waals surface area contributed by atoms with Crippen molar-refractivity contribution in [2.45, 2.75) is 52.4 Å². The number of rotatable bonds is 0. The van der Waals surface area contributed by atoms with E-state index in [2.05, 4.69) is 99.5 Å². The fourth-order valence-electron chi connectivity index (χ4n) is 2.96. The molecule has 3 rings (SSSR count). The fourth-order valence-corrected chi connectivity index (χ4v) is 3.30. The Labute approximate surface area is 201 Å². The van der Waals surface area contributed by atoms with E-state index in [0.29, 0.717) is 16.4 Å². The minimum atomic E-state index is 0.0640. The summed E-state index contributed by atoms with van der Waals surface area (Å²) >= 11 is 12.6. The van der Waals surface area contributed by atoms with Crippen LogP contribution in [0.15, 0.2) is 48.5 Å². The van der Waals surface area contributed by atoms with Gasteiger partial charge in [-0.2, -0.15) is 0 Å². The highest BCUT2D eigenvalue weighted by Crippen LogP contribution is 2.23. The third-order valence-electron chi connectivity index (χ3n) is 4.98. The number of halogens is 2. The molecule has 0 saturated carbocycles. The van der Waals surface area contributed by atoms with Crippen LogP contribution in [0.25, 0.3) is 0 Å². The van der Waals surface area contributed by atoms with E-state index in [1.54, 1.807) is 0 Å². The number of hydrogen-bond donors (Lipinski definition) is 0. The molecule has 0 spiro atoms. The van der Waals surface area contributed by atoms with Gasteiger partial charge >= 0.3 is 0 Å². The molecule has 0 saturated heterocycles. The van der Waals surface area contributed by atoms with Crippen LogP contribution in [0.1, 0.15) is 75.2 Å². The Morgan fingerprint density at radius 2 is 0.906 bits per heavy atom.